The van der Waals surface area contributed by atoms with Gasteiger partial charge in [0.2, 0.25) is 0 Å². The van der Waals surface area contributed by atoms with Crippen LogP contribution in [0.15, 0.2) is 72.1 Å². The van der Waals surface area contributed by atoms with Crippen LogP contribution in [0, 0.1) is 4.91 Å². The number of rotatable bonds is 3. The average Bonchev–Trinajstić information content (AvgIpc) is 2.62. The first kappa shape index (κ1) is 13.9. The Bertz CT molecular complexity index is 777. The second-order valence-corrected chi connectivity index (χ2v) is 4.90. The van der Waals surface area contributed by atoms with Gasteiger partial charge in [0.05, 0.1) is 5.56 Å². The zero-order valence-corrected chi connectivity index (χ0v) is 11.8. The summed E-state index contributed by atoms with van der Waals surface area (Å²) in [6, 6.07) is 14.9. The molecular weight excluding hydrogens is 276 g/mol. The number of hydrogen-bond donors (Lipinski definition) is 1. The molecule has 1 heterocycles. The Hall–Kier alpha value is -3.01. The lowest BCUT2D eigenvalue weighted by atomic mass is 9.90. The zero-order chi connectivity index (χ0) is 15.4. The molecule has 0 fully saturated rings. The molecule has 1 amide bonds. The van der Waals surface area contributed by atoms with Crippen LogP contribution in [0.3, 0.4) is 0 Å². The number of carbonyl (C=O) groups is 1. The van der Waals surface area contributed by atoms with Crippen molar-refractivity contribution in [3.05, 3.63) is 82.9 Å². The van der Waals surface area contributed by atoms with E-state index in [0.29, 0.717) is 5.56 Å². The maximum Gasteiger partial charge on any atom is 0.317 e. The van der Waals surface area contributed by atoms with Crippen LogP contribution in [0.5, 0.6) is 0 Å². The summed E-state index contributed by atoms with van der Waals surface area (Å²) >= 11 is 0. The minimum atomic E-state index is -0.756. The van der Waals surface area contributed by atoms with E-state index in [9.17, 15) is 9.70 Å². The number of carbonyl (C=O) groups excluding carboxylic acids is 1. The highest BCUT2D eigenvalue weighted by Crippen LogP contribution is 2.33. The van der Waals surface area contributed by atoms with E-state index in [2.05, 4.69) is 10.5 Å². The number of nitrogens with one attached hydrogen (secondary N) is 1. The molecule has 1 aliphatic heterocycles. The lowest BCUT2D eigenvalue weighted by Crippen LogP contribution is -2.10. The zero-order valence-electron chi connectivity index (χ0n) is 11.8. The van der Waals surface area contributed by atoms with Crippen molar-refractivity contribution in [2.45, 2.75) is 0 Å². The summed E-state index contributed by atoms with van der Waals surface area (Å²) in [6.45, 7) is 0.776. The molecule has 2 aromatic rings. The molecule has 4 nitrogen and oxygen atoms in total. The van der Waals surface area contributed by atoms with Crippen LogP contribution in [0.2, 0.25) is 0 Å². The van der Waals surface area contributed by atoms with E-state index in [-0.39, 0.29) is 0 Å². The largest absolute Gasteiger partial charge is 0.387 e. The standard InChI is InChI=1S/C18H14N2O2/c21-18(20-22)16-10-4-9-15(14-8-5-11-19-12-14)17(16)13-6-2-1-3-7-13/h1-10,12,19H,11H2. The van der Waals surface area contributed by atoms with E-state index in [4.69, 9.17) is 0 Å². The average molecular weight is 290 g/mol. The molecule has 0 saturated heterocycles. The fourth-order valence-corrected chi connectivity index (χ4v) is 2.57. The predicted octanol–water partition coefficient (Wildman–Crippen LogP) is 3.76. The Labute approximate surface area is 128 Å². The predicted molar refractivity (Wildman–Crippen MR) is 87.1 cm³/mol. The third-order valence-corrected chi connectivity index (χ3v) is 3.54. The van der Waals surface area contributed by atoms with Crippen LogP contribution in [0.1, 0.15) is 15.9 Å². The molecule has 0 bridgehead atoms. The van der Waals surface area contributed by atoms with Crippen molar-refractivity contribution in [3.8, 4) is 11.1 Å². The van der Waals surface area contributed by atoms with Gasteiger partial charge in [0, 0.05) is 23.5 Å². The molecule has 0 aliphatic carbocycles. The Morgan fingerprint density at radius 1 is 1.05 bits per heavy atom. The number of allylic oxidation sites excluding steroid dienone is 2. The molecule has 2 aromatic carbocycles. The Morgan fingerprint density at radius 2 is 1.86 bits per heavy atom. The minimum Gasteiger partial charge on any atom is -0.387 e. The number of benzene rings is 2. The lowest BCUT2D eigenvalue weighted by molar-refractivity contribution is 0.100. The Kier molecular flexibility index (Phi) is 3.92. The Balaban J connectivity index is 2.26. The summed E-state index contributed by atoms with van der Waals surface area (Å²) in [5.41, 5.74) is 3.78. The van der Waals surface area contributed by atoms with Crippen LogP contribution in [0.4, 0.5) is 0 Å². The molecule has 0 saturated carbocycles. The molecular formula is C18H14N2O2. The van der Waals surface area contributed by atoms with Gasteiger partial charge in [-0.05, 0) is 22.8 Å². The topological polar surface area (TPSA) is 58.5 Å². The van der Waals surface area contributed by atoms with E-state index >= 15 is 0 Å². The minimum absolute atomic E-state index is 0.318. The van der Waals surface area contributed by atoms with E-state index in [1.807, 2.05) is 54.8 Å². The van der Waals surface area contributed by atoms with Crippen molar-refractivity contribution in [1.82, 2.24) is 5.32 Å². The highest BCUT2D eigenvalue weighted by Gasteiger charge is 2.18. The SMILES string of the molecule is O=NC(=O)c1cccc(C2=CNCC=C2)c1-c1ccccc1. The normalized spacial score (nSPS) is 13.2. The summed E-state index contributed by atoms with van der Waals surface area (Å²) in [5.74, 6) is -0.756. The molecule has 3 rings (SSSR count). The van der Waals surface area contributed by atoms with Gasteiger partial charge in [-0.25, -0.2) is 0 Å². The maximum absolute atomic E-state index is 11.9. The van der Waals surface area contributed by atoms with Gasteiger partial charge in [-0.2, -0.15) is 0 Å². The first-order valence-corrected chi connectivity index (χ1v) is 6.98. The van der Waals surface area contributed by atoms with Gasteiger partial charge in [0.15, 0.2) is 0 Å². The van der Waals surface area contributed by atoms with Crippen molar-refractivity contribution in [3.63, 3.8) is 0 Å². The van der Waals surface area contributed by atoms with Crippen molar-refractivity contribution < 1.29 is 4.79 Å². The third-order valence-electron chi connectivity index (χ3n) is 3.54. The van der Waals surface area contributed by atoms with Crippen LogP contribution in [-0.4, -0.2) is 12.5 Å². The monoisotopic (exact) mass is 290 g/mol. The van der Waals surface area contributed by atoms with Crippen molar-refractivity contribution in [1.29, 1.82) is 0 Å². The third kappa shape index (κ3) is 2.59. The van der Waals surface area contributed by atoms with Gasteiger partial charge in [0.25, 0.3) is 0 Å². The Morgan fingerprint density at radius 3 is 2.55 bits per heavy atom. The number of amides is 1. The van der Waals surface area contributed by atoms with Gasteiger partial charge in [-0.1, -0.05) is 54.6 Å². The van der Waals surface area contributed by atoms with Crippen molar-refractivity contribution >= 4 is 11.5 Å². The van der Waals surface area contributed by atoms with Crippen LogP contribution < -0.4 is 5.32 Å². The summed E-state index contributed by atoms with van der Waals surface area (Å²) in [7, 11) is 0. The maximum atomic E-state index is 11.9. The first-order chi connectivity index (χ1) is 10.8. The fraction of sp³-hybridized carbons (Fsp3) is 0.0556. The number of nitrogens with zero attached hydrogens (tertiary/aromatic N) is 1. The second kappa shape index (κ2) is 6.18. The quantitative estimate of drug-likeness (QED) is 0.876. The first-order valence-electron chi connectivity index (χ1n) is 6.98. The van der Waals surface area contributed by atoms with E-state index in [1.165, 1.54) is 0 Å². The second-order valence-electron chi connectivity index (χ2n) is 4.90. The van der Waals surface area contributed by atoms with E-state index < -0.39 is 5.91 Å². The molecule has 0 spiro atoms. The molecule has 1 N–H and O–H groups in total. The summed E-state index contributed by atoms with van der Waals surface area (Å²) in [4.78, 5) is 22.6. The van der Waals surface area contributed by atoms with Gasteiger partial charge >= 0.3 is 5.91 Å². The molecule has 108 valence electrons. The molecule has 0 aromatic heterocycles. The summed E-state index contributed by atoms with van der Waals surface area (Å²) < 4.78 is 0. The van der Waals surface area contributed by atoms with Crippen molar-refractivity contribution in [2.24, 2.45) is 5.18 Å². The highest BCUT2D eigenvalue weighted by atomic mass is 16.3. The fourth-order valence-electron chi connectivity index (χ4n) is 2.57. The van der Waals surface area contributed by atoms with Crippen LogP contribution in [-0.2, 0) is 0 Å². The number of nitroso groups, excluding NO2 is 1. The summed E-state index contributed by atoms with van der Waals surface area (Å²) in [6.07, 6.45) is 5.92. The molecule has 0 atom stereocenters. The molecule has 22 heavy (non-hydrogen) atoms. The molecule has 1 aliphatic rings. The molecule has 4 heteroatoms. The van der Waals surface area contributed by atoms with Crippen molar-refractivity contribution in [2.75, 3.05) is 6.54 Å². The molecule has 0 radical (unpaired) electrons. The number of hydrogen-bond acceptors (Lipinski definition) is 3. The van der Waals surface area contributed by atoms with Gasteiger partial charge in [0.1, 0.15) is 0 Å². The van der Waals surface area contributed by atoms with Gasteiger partial charge < -0.3 is 5.32 Å². The smallest absolute Gasteiger partial charge is 0.317 e. The summed E-state index contributed by atoms with van der Waals surface area (Å²) in [5, 5.41) is 5.74. The molecule has 0 unspecified atom stereocenters. The highest BCUT2D eigenvalue weighted by molar-refractivity contribution is 6.04. The van der Waals surface area contributed by atoms with E-state index in [1.54, 1.807) is 12.1 Å². The number of dihydropyridines is 1. The van der Waals surface area contributed by atoms with E-state index in [0.717, 1.165) is 28.8 Å². The van der Waals surface area contributed by atoms with Crippen LogP contribution >= 0.6 is 0 Å². The van der Waals surface area contributed by atoms with Gasteiger partial charge in [-0.15, -0.1) is 4.91 Å². The van der Waals surface area contributed by atoms with Crippen LogP contribution in [0.25, 0.3) is 16.7 Å². The lowest BCUT2D eigenvalue weighted by Gasteiger charge is -2.16. The van der Waals surface area contributed by atoms with Gasteiger partial charge in [-0.3, -0.25) is 4.79 Å².